The average molecular weight is 290 g/mol. The molecule has 0 radical (unpaired) electrons. The normalized spacial score (nSPS) is 24.3. The maximum atomic E-state index is 10.1. The number of hydrogen-bond donors (Lipinski definition) is 2. The van der Waals surface area contributed by atoms with E-state index in [1.165, 1.54) is 0 Å². The lowest BCUT2D eigenvalue weighted by atomic mass is 9.95. The van der Waals surface area contributed by atoms with Crippen LogP contribution in [0.4, 0.5) is 0 Å². The molecule has 1 aliphatic heterocycles. The van der Waals surface area contributed by atoms with Gasteiger partial charge < -0.3 is 14.9 Å². The van der Waals surface area contributed by atoms with Gasteiger partial charge in [-0.25, -0.2) is 0 Å². The van der Waals surface area contributed by atoms with Gasteiger partial charge >= 0.3 is 0 Å². The standard InChI is InChI=1S/C16H22N2O3/c1-16(20)7-4-8-18(12-16)10-14(19)11-21-15-6-3-2-5-13(15)9-17/h2-3,5-6,14,19-20H,4,7-8,10-12H2,1H3. The first-order valence-electron chi connectivity index (χ1n) is 7.25. The molecule has 5 heteroatoms. The number of ether oxygens (including phenoxy) is 1. The molecule has 2 unspecified atom stereocenters. The van der Waals surface area contributed by atoms with Crippen LogP contribution in [0.5, 0.6) is 5.75 Å². The van der Waals surface area contributed by atoms with Gasteiger partial charge in [-0.15, -0.1) is 0 Å². The summed E-state index contributed by atoms with van der Waals surface area (Å²) in [7, 11) is 0. The zero-order valence-electron chi connectivity index (χ0n) is 12.3. The third-order valence-electron chi connectivity index (χ3n) is 3.66. The van der Waals surface area contributed by atoms with Gasteiger partial charge in [0.05, 0.1) is 11.2 Å². The van der Waals surface area contributed by atoms with Crippen LogP contribution in [0.2, 0.25) is 0 Å². The zero-order chi connectivity index (χ0) is 15.3. The largest absolute Gasteiger partial charge is 0.489 e. The molecule has 0 bridgehead atoms. The van der Waals surface area contributed by atoms with Crippen molar-refractivity contribution in [3.63, 3.8) is 0 Å². The summed E-state index contributed by atoms with van der Waals surface area (Å²) in [4.78, 5) is 2.05. The Morgan fingerprint density at radius 3 is 2.95 bits per heavy atom. The molecule has 2 atom stereocenters. The highest BCUT2D eigenvalue weighted by Crippen LogP contribution is 2.21. The second kappa shape index (κ2) is 6.90. The maximum Gasteiger partial charge on any atom is 0.137 e. The van der Waals surface area contributed by atoms with Gasteiger partial charge in [0, 0.05) is 13.1 Å². The molecule has 2 N–H and O–H groups in total. The molecule has 5 nitrogen and oxygen atoms in total. The molecule has 2 rings (SSSR count). The van der Waals surface area contributed by atoms with Crippen molar-refractivity contribution in [3.05, 3.63) is 29.8 Å². The van der Waals surface area contributed by atoms with E-state index in [1.807, 2.05) is 11.8 Å². The minimum atomic E-state index is -0.674. The van der Waals surface area contributed by atoms with E-state index < -0.39 is 11.7 Å². The van der Waals surface area contributed by atoms with E-state index in [1.54, 1.807) is 24.3 Å². The molecule has 0 amide bonds. The number of piperidine rings is 1. The van der Waals surface area contributed by atoms with Gasteiger partial charge in [0.25, 0.3) is 0 Å². The van der Waals surface area contributed by atoms with Crippen molar-refractivity contribution in [2.75, 3.05) is 26.2 Å². The molecule has 0 saturated carbocycles. The highest BCUT2D eigenvalue weighted by atomic mass is 16.5. The molecule has 1 saturated heterocycles. The molecule has 1 aromatic rings. The molecule has 1 aliphatic rings. The number of aliphatic hydroxyl groups is 2. The van der Waals surface area contributed by atoms with E-state index in [2.05, 4.69) is 6.07 Å². The first kappa shape index (κ1) is 15.8. The van der Waals surface area contributed by atoms with Crippen molar-refractivity contribution in [3.8, 4) is 11.8 Å². The van der Waals surface area contributed by atoms with E-state index in [-0.39, 0.29) is 6.61 Å². The second-order valence-corrected chi connectivity index (χ2v) is 5.91. The van der Waals surface area contributed by atoms with Gasteiger partial charge in [-0.3, -0.25) is 4.90 Å². The molecule has 1 heterocycles. The van der Waals surface area contributed by atoms with E-state index in [0.29, 0.717) is 24.4 Å². The Morgan fingerprint density at radius 2 is 2.24 bits per heavy atom. The Bertz CT molecular complexity index is 510. The molecule has 1 fully saturated rings. The summed E-state index contributed by atoms with van der Waals surface area (Å²) in [6.45, 7) is 3.87. The Hall–Kier alpha value is -1.61. The number of nitriles is 1. The minimum Gasteiger partial charge on any atom is -0.489 e. The van der Waals surface area contributed by atoms with Crippen LogP contribution in [0.3, 0.4) is 0 Å². The van der Waals surface area contributed by atoms with E-state index in [9.17, 15) is 10.2 Å². The van der Waals surface area contributed by atoms with Crippen LogP contribution in [0, 0.1) is 11.3 Å². The SMILES string of the molecule is CC1(O)CCCN(CC(O)COc2ccccc2C#N)C1. The van der Waals surface area contributed by atoms with Crippen molar-refractivity contribution < 1.29 is 14.9 Å². The quantitative estimate of drug-likeness (QED) is 0.850. The zero-order valence-corrected chi connectivity index (χ0v) is 12.3. The van der Waals surface area contributed by atoms with Gasteiger partial charge in [0.1, 0.15) is 24.5 Å². The van der Waals surface area contributed by atoms with Crippen LogP contribution >= 0.6 is 0 Å². The summed E-state index contributed by atoms with van der Waals surface area (Å²) in [6.07, 6.45) is 1.08. The molecule has 21 heavy (non-hydrogen) atoms. The Morgan fingerprint density at radius 1 is 1.48 bits per heavy atom. The highest BCUT2D eigenvalue weighted by molar-refractivity contribution is 5.42. The molecular weight excluding hydrogens is 268 g/mol. The van der Waals surface area contributed by atoms with E-state index in [4.69, 9.17) is 10.00 Å². The fraction of sp³-hybridized carbons (Fsp3) is 0.562. The van der Waals surface area contributed by atoms with Crippen LogP contribution in [0.1, 0.15) is 25.3 Å². The molecule has 114 valence electrons. The predicted octanol–water partition coefficient (Wildman–Crippen LogP) is 1.14. The second-order valence-electron chi connectivity index (χ2n) is 5.91. The van der Waals surface area contributed by atoms with Crippen molar-refractivity contribution in [1.82, 2.24) is 4.90 Å². The molecule has 1 aromatic carbocycles. The molecule has 0 aliphatic carbocycles. The van der Waals surface area contributed by atoms with Crippen molar-refractivity contribution in [2.45, 2.75) is 31.5 Å². The fourth-order valence-corrected chi connectivity index (χ4v) is 2.70. The van der Waals surface area contributed by atoms with Gasteiger partial charge in [0.15, 0.2) is 0 Å². The highest BCUT2D eigenvalue weighted by Gasteiger charge is 2.29. The smallest absolute Gasteiger partial charge is 0.137 e. The maximum absolute atomic E-state index is 10.1. The third-order valence-corrected chi connectivity index (χ3v) is 3.66. The van der Waals surface area contributed by atoms with Crippen molar-refractivity contribution in [1.29, 1.82) is 5.26 Å². The number of likely N-dealkylation sites (tertiary alicyclic amines) is 1. The molecule has 0 aromatic heterocycles. The van der Waals surface area contributed by atoms with E-state index >= 15 is 0 Å². The lowest BCUT2D eigenvalue weighted by Gasteiger charge is -2.37. The van der Waals surface area contributed by atoms with Crippen molar-refractivity contribution >= 4 is 0 Å². The Kier molecular flexibility index (Phi) is 5.18. The number of para-hydroxylation sites is 1. The van der Waals surface area contributed by atoms with Gasteiger partial charge in [-0.2, -0.15) is 5.26 Å². The lowest BCUT2D eigenvalue weighted by molar-refractivity contribution is -0.0323. The van der Waals surface area contributed by atoms with Crippen molar-refractivity contribution in [2.24, 2.45) is 0 Å². The number of nitrogens with zero attached hydrogens (tertiary/aromatic N) is 2. The molecular formula is C16H22N2O3. The van der Waals surface area contributed by atoms with Crippen LogP contribution < -0.4 is 4.74 Å². The van der Waals surface area contributed by atoms with Crippen LogP contribution in [0.25, 0.3) is 0 Å². The van der Waals surface area contributed by atoms with Crippen LogP contribution in [-0.4, -0.2) is 53.1 Å². The third kappa shape index (κ3) is 4.71. The first-order valence-corrected chi connectivity index (χ1v) is 7.25. The number of β-amino-alcohol motifs (C(OH)–C–C–N with tert-alkyl or cyclic N) is 2. The summed E-state index contributed by atoms with van der Waals surface area (Å²) in [6, 6.07) is 9.04. The number of hydrogen-bond acceptors (Lipinski definition) is 5. The van der Waals surface area contributed by atoms with E-state index in [0.717, 1.165) is 19.4 Å². The van der Waals surface area contributed by atoms with Gasteiger partial charge in [-0.05, 0) is 38.4 Å². The average Bonchev–Trinajstić information content (AvgIpc) is 2.44. The predicted molar refractivity (Wildman–Crippen MR) is 79.0 cm³/mol. The fourth-order valence-electron chi connectivity index (χ4n) is 2.70. The number of aliphatic hydroxyl groups excluding tert-OH is 1. The van der Waals surface area contributed by atoms with Crippen LogP contribution in [0.15, 0.2) is 24.3 Å². The number of benzene rings is 1. The molecule has 0 spiro atoms. The summed E-state index contributed by atoms with van der Waals surface area (Å²) in [5.74, 6) is 0.490. The summed E-state index contributed by atoms with van der Waals surface area (Å²) >= 11 is 0. The first-order chi connectivity index (χ1) is 10.00. The van der Waals surface area contributed by atoms with Crippen LogP contribution in [-0.2, 0) is 0 Å². The summed E-state index contributed by atoms with van der Waals surface area (Å²) in [5, 5.41) is 29.1. The minimum absolute atomic E-state index is 0.136. The van der Waals surface area contributed by atoms with Gasteiger partial charge in [0.2, 0.25) is 0 Å². The summed E-state index contributed by atoms with van der Waals surface area (Å²) < 4.78 is 5.52. The van der Waals surface area contributed by atoms with Gasteiger partial charge in [-0.1, -0.05) is 12.1 Å². The Balaban J connectivity index is 1.82. The lowest BCUT2D eigenvalue weighted by Crippen LogP contribution is -2.49. The topological polar surface area (TPSA) is 76.7 Å². The summed E-state index contributed by atoms with van der Waals surface area (Å²) in [5.41, 5.74) is -0.211. The monoisotopic (exact) mass is 290 g/mol. The Labute approximate surface area is 125 Å². The number of rotatable bonds is 5.